The molecule has 1 aromatic rings. The van der Waals surface area contributed by atoms with E-state index in [4.69, 9.17) is 19.9 Å². The molecule has 0 fully saturated rings. The molecule has 0 saturated heterocycles. The molecule has 0 radical (unpaired) electrons. The van der Waals surface area contributed by atoms with Crippen molar-refractivity contribution in [2.24, 2.45) is 5.73 Å². The molecule has 1 aromatic heterocycles. The van der Waals surface area contributed by atoms with E-state index in [-0.39, 0.29) is 6.10 Å². The van der Waals surface area contributed by atoms with E-state index in [9.17, 15) is 0 Å². The summed E-state index contributed by atoms with van der Waals surface area (Å²) in [5, 5.41) is 2.04. The van der Waals surface area contributed by atoms with Gasteiger partial charge in [-0.05, 0) is 17.9 Å². The summed E-state index contributed by atoms with van der Waals surface area (Å²) in [4.78, 5) is 1.19. The molecular formula is C12H21NO3S. The van der Waals surface area contributed by atoms with Gasteiger partial charge in [0.2, 0.25) is 0 Å². The fraction of sp³-hybridized carbons (Fsp3) is 0.667. The van der Waals surface area contributed by atoms with Gasteiger partial charge in [-0.15, -0.1) is 11.3 Å². The van der Waals surface area contributed by atoms with Gasteiger partial charge in [-0.1, -0.05) is 6.07 Å². The molecule has 17 heavy (non-hydrogen) atoms. The van der Waals surface area contributed by atoms with Crippen LogP contribution in [0.15, 0.2) is 17.5 Å². The summed E-state index contributed by atoms with van der Waals surface area (Å²) >= 11 is 1.68. The SMILES string of the molecule is COCCOCCCOC(CN)c1cccs1. The monoisotopic (exact) mass is 259 g/mol. The maximum atomic E-state index is 5.72. The predicted molar refractivity (Wildman–Crippen MR) is 69.4 cm³/mol. The summed E-state index contributed by atoms with van der Waals surface area (Å²) in [7, 11) is 1.67. The highest BCUT2D eigenvalue weighted by Gasteiger charge is 2.10. The molecule has 0 saturated carbocycles. The summed E-state index contributed by atoms with van der Waals surface area (Å²) in [5.74, 6) is 0. The third-order valence-corrected chi connectivity index (χ3v) is 3.22. The van der Waals surface area contributed by atoms with Gasteiger partial charge in [-0.2, -0.15) is 0 Å². The van der Waals surface area contributed by atoms with E-state index in [1.165, 1.54) is 4.88 Å². The summed E-state index contributed by atoms with van der Waals surface area (Å²) in [5.41, 5.74) is 5.68. The first-order chi connectivity index (χ1) is 8.38. The normalized spacial score (nSPS) is 12.8. The molecule has 0 bridgehead atoms. The molecule has 0 aromatic carbocycles. The van der Waals surface area contributed by atoms with Crippen molar-refractivity contribution in [3.05, 3.63) is 22.4 Å². The van der Waals surface area contributed by atoms with Gasteiger partial charge in [0, 0.05) is 31.7 Å². The molecule has 0 aliphatic rings. The van der Waals surface area contributed by atoms with Crippen LogP contribution in [0.4, 0.5) is 0 Å². The lowest BCUT2D eigenvalue weighted by Gasteiger charge is -2.14. The highest BCUT2D eigenvalue weighted by atomic mass is 32.1. The van der Waals surface area contributed by atoms with Gasteiger partial charge in [0.1, 0.15) is 6.10 Å². The van der Waals surface area contributed by atoms with Crippen molar-refractivity contribution in [2.45, 2.75) is 12.5 Å². The lowest BCUT2D eigenvalue weighted by atomic mass is 10.3. The molecule has 0 spiro atoms. The fourth-order valence-corrected chi connectivity index (χ4v) is 2.16. The first-order valence-electron chi connectivity index (χ1n) is 5.80. The van der Waals surface area contributed by atoms with Crippen LogP contribution in [0, 0.1) is 0 Å². The first kappa shape index (κ1) is 14.6. The molecule has 5 heteroatoms. The number of rotatable bonds is 10. The van der Waals surface area contributed by atoms with Crippen molar-refractivity contribution >= 4 is 11.3 Å². The maximum Gasteiger partial charge on any atom is 0.104 e. The van der Waals surface area contributed by atoms with Crippen molar-refractivity contribution in [3.8, 4) is 0 Å². The Morgan fingerprint density at radius 1 is 1.29 bits per heavy atom. The number of hydrogen-bond acceptors (Lipinski definition) is 5. The lowest BCUT2D eigenvalue weighted by Crippen LogP contribution is -2.16. The zero-order chi connectivity index (χ0) is 12.3. The van der Waals surface area contributed by atoms with Crippen molar-refractivity contribution in [1.82, 2.24) is 0 Å². The quantitative estimate of drug-likeness (QED) is 0.651. The van der Waals surface area contributed by atoms with Gasteiger partial charge in [-0.25, -0.2) is 0 Å². The topological polar surface area (TPSA) is 53.7 Å². The molecule has 1 heterocycles. The second kappa shape index (κ2) is 9.56. The highest BCUT2D eigenvalue weighted by molar-refractivity contribution is 7.10. The number of ether oxygens (including phenoxy) is 3. The van der Waals surface area contributed by atoms with Crippen LogP contribution in [0.2, 0.25) is 0 Å². The van der Waals surface area contributed by atoms with Crippen molar-refractivity contribution < 1.29 is 14.2 Å². The Morgan fingerprint density at radius 3 is 2.82 bits per heavy atom. The second-order valence-corrected chi connectivity index (χ2v) is 4.55. The Labute approximate surface area is 107 Å². The molecule has 4 nitrogen and oxygen atoms in total. The van der Waals surface area contributed by atoms with Gasteiger partial charge in [-0.3, -0.25) is 0 Å². The average Bonchev–Trinajstić information content (AvgIpc) is 2.86. The Kier molecular flexibility index (Phi) is 8.21. The number of thiophene rings is 1. The van der Waals surface area contributed by atoms with E-state index in [1.807, 2.05) is 11.4 Å². The van der Waals surface area contributed by atoms with Crippen LogP contribution >= 0.6 is 11.3 Å². The third-order valence-electron chi connectivity index (χ3n) is 2.26. The standard InChI is InChI=1S/C12H21NO3S/c1-14-7-8-15-5-3-6-16-11(10-13)12-4-2-9-17-12/h2,4,9,11H,3,5-8,10,13H2,1H3. The summed E-state index contributed by atoms with van der Waals surface area (Å²) < 4.78 is 15.9. The van der Waals surface area contributed by atoms with Crippen LogP contribution in [0.25, 0.3) is 0 Å². The molecule has 2 N–H and O–H groups in total. The second-order valence-electron chi connectivity index (χ2n) is 3.57. The lowest BCUT2D eigenvalue weighted by molar-refractivity contribution is 0.0274. The van der Waals surface area contributed by atoms with E-state index in [0.717, 1.165) is 6.42 Å². The van der Waals surface area contributed by atoms with E-state index < -0.39 is 0 Å². The molecule has 0 aliphatic carbocycles. The highest BCUT2D eigenvalue weighted by Crippen LogP contribution is 2.21. The van der Waals surface area contributed by atoms with E-state index in [2.05, 4.69) is 6.07 Å². The number of methoxy groups -OCH3 is 1. The molecule has 98 valence electrons. The summed E-state index contributed by atoms with van der Waals surface area (Å²) in [6, 6.07) is 4.07. The molecular weight excluding hydrogens is 238 g/mol. The minimum Gasteiger partial charge on any atom is -0.382 e. The largest absolute Gasteiger partial charge is 0.382 e. The Morgan fingerprint density at radius 2 is 2.18 bits per heavy atom. The predicted octanol–water partition coefficient (Wildman–Crippen LogP) is 1.82. The Hall–Kier alpha value is -0.460. The molecule has 0 aliphatic heterocycles. The Bertz CT molecular complexity index is 267. The van der Waals surface area contributed by atoms with Crippen LogP contribution < -0.4 is 5.73 Å². The third kappa shape index (κ3) is 6.14. The molecule has 1 unspecified atom stereocenters. The number of nitrogens with two attached hydrogens (primary N) is 1. The van der Waals surface area contributed by atoms with Gasteiger partial charge < -0.3 is 19.9 Å². The van der Waals surface area contributed by atoms with Crippen molar-refractivity contribution in [1.29, 1.82) is 0 Å². The average molecular weight is 259 g/mol. The summed E-state index contributed by atoms with van der Waals surface area (Å²) in [6.07, 6.45) is 0.903. The van der Waals surface area contributed by atoms with Gasteiger partial charge >= 0.3 is 0 Å². The zero-order valence-corrected chi connectivity index (χ0v) is 11.1. The van der Waals surface area contributed by atoms with Crippen LogP contribution in [0.3, 0.4) is 0 Å². The van der Waals surface area contributed by atoms with Crippen LogP contribution in [0.1, 0.15) is 17.4 Å². The van der Waals surface area contributed by atoms with Gasteiger partial charge in [0.25, 0.3) is 0 Å². The summed E-state index contributed by atoms with van der Waals surface area (Å²) in [6.45, 7) is 3.17. The van der Waals surface area contributed by atoms with Crippen LogP contribution in [-0.4, -0.2) is 40.1 Å². The fourth-order valence-electron chi connectivity index (χ4n) is 1.37. The zero-order valence-electron chi connectivity index (χ0n) is 10.3. The molecule has 1 atom stereocenters. The minimum absolute atomic E-state index is 0.0222. The van der Waals surface area contributed by atoms with Crippen molar-refractivity contribution in [2.75, 3.05) is 40.1 Å². The minimum atomic E-state index is 0.0222. The van der Waals surface area contributed by atoms with E-state index in [1.54, 1.807) is 18.4 Å². The smallest absolute Gasteiger partial charge is 0.104 e. The molecule has 1 rings (SSSR count). The Balaban J connectivity index is 2.04. The van der Waals surface area contributed by atoms with E-state index >= 15 is 0 Å². The van der Waals surface area contributed by atoms with E-state index in [0.29, 0.717) is 33.0 Å². The van der Waals surface area contributed by atoms with Crippen molar-refractivity contribution in [3.63, 3.8) is 0 Å². The maximum absolute atomic E-state index is 5.72. The van der Waals surface area contributed by atoms with Gasteiger partial charge in [0.15, 0.2) is 0 Å². The van der Waals surface area contributed by atoms with Crippen LogP contribution in [-0.2, 0) is 14.2 Å². The van der Waals surface area contributed by atoms with Crippen LogP contribution in [0.5, 0.6) is 0 Å². The number of hydrogen-bond donors (Lipinski definition) is 1. The molecule has 0 amide bonds. The van der Waals surface area contributed by atoms with Gasteiger partial charge in [0.05, 0.1) is 13.2 Å². The first-order valence-corrected chi connectivity index (χ1v) is 6.68.